The van der Waals surface area contributed by atoms with E-state index in [0.29, 0.717) is 5.56 Å². The third-order valence-electron chi connectivity index (χ3n) is 3.90. The van der Waals surface area contributed by atoms with Gasteiger partial charge in [-0.25, -0.2) is 12.8 Å². The molecule has 0 radical (unpaired) electrons. The molecule has 0 saturated carbocycles. The summed E-state index contributed by atoms with van der Waals surface area (Å²) in [5.74, 6) is -2.01. The van der Waals surface area contributed by atoms with Gasteiger partial charge in [0.1, 0.15) is 16.8 Å². The first-order valence-electron chi connectivity index (χ1n) is 9.07. The Morgan fingerprint density at radius 1 is 1.00 bits per heavy atom. The van der Waals surface area contributed by atoms with Gasteiger partial charge in [0, 0.05) is 6.04 Å². The summed E-state index contributed by atoms with van der Waals surface area (Å²) < 4.78 is 41.5. The van der Waals surface area contributed by atoms with Crippen LogP contribution in [0.3, 0.4) is 0 Å². The molecule has 0 aromatic heterocycles. The van der Waals surface area contributed by atoms with Crippen LogP contribution in [0.25, 0.3) is 0 Å². The minimum atomic E-state index is -4.30. The second-order valence-corrected chi connectivity index (χ2v) is 8.42. The van der Waals surface area contributed by atoms with Crippen LogP contribution in [0.1, 0.15) is 19.4 Å². The maximum absolute atomic E-state index is 14.0. The number of carbonyl (C=O) groups is 2. The molecule has 1 atom stereocenters. The Bertz CT molecular complexity index is 949. The Morgan fingerprint density at radius 3 is 2.24 bits per heavy atom. The molecule has 3 N–H and O–H groups in total. The van der Waals surface area contributed by atoms with E-state index >= 15 is 0 Å². The maximum Gasteiger partial charge on any atom is 0.244 e. The van der Waals surface area contributed by atoms with Crippen molar-refractivity contribution in [3.8, 4) is 0 Å². The van der Waals surface area contributed by atoms with Crippen LogP contribution in [0.4, 0.5) is 4.39 Å². The summed E-state index contributed by atoms with van der Waals surface area (Å²) in [6, 6.07) is 12.4. The Balaban J connectivity index is 2.19. The highest BCUT2D eigenvalue weighted by Crippen LogP contribution is 2.15. The Labute approximate surface area is 169 Å². The monoisotopic (exact) mass is 421 g/mol. The first-order valence-corrected chi connectivity index (χ1v) is 10.5. The van der Waals surface area contributed by atoms with E-state index in [1.54, 1.807) is 44.2 Å². The molecule has 156 valence electrons. The van der Waals surface area contributed by atoms with Crippen LogP contribution in [0, 0.1) is 5.82 Å². The van der Waals surface area contributed by atoms with Crippen LogP contribution >= 0.6 is 0 Å². The highest BCUT2D eigenvalue weighted by molar-refractivity contribution is 7.89. The zero-order valence-electron chi connectivity index (χ0n) is 16.2. The standard InChI is InChI=1S/C20H24FN3O4S/c1-14(2)23-19(25)13-22-20(26)17(12-15-8-4-3-5-9-15)24-29(27,28)18-11-7-6-10-16(18)21/h3-11,14,17,24H,12-13H2,1-2H3,(H,22,26)(H,23,25). The molecule has 9 heteroatoms. The van der Waals surface area contributed by atoms with Crippen molar-refractivity contribution in [3.63, 3.8) is 0 Å². The van der Waals surface area contributed by atoms with Gasteiger partial charge in [-0.15, -0.1) is 0 Å². The van der Waals surface area contributed by atoms with Gasteiger partial charge in [-0.3, -0.25) is 9.59 Å². The second-order valence-electron chi connectivity index (χ2n) is 6.73. The molecular weight excluding hydrogens is 397 g/mol. The predicted octanol–water partition coefficient (Wildman–Crippen LogP) is 1.36. The Morgan fingerprint density at radius 2 is 1.62 bits per heavy atom. The third kappa shape index (κ3) is 6.95. The van der Waals surface area contributed by atoms with Crippen LogP contribution < -0.4 is 15.4 Å². The number of nitrogens with one attached hydrogen (secondary N) is 3. The number of hydrogen-bond donors (Lipinski definition) is 3. The normalized spacial score (nSPS) is 12.4. The van der Waals surface area contributed by atoms with E-state index in [0.717, 1.165) is 12.1 Å². The van der Waals surface area contributed by atoms with Crippen molar-refractivity contribution in [2.75, 3.05) is 6.54 Å². The summed E-state index contributed by atoms with van der Waals surface area (Å²) >= 11 is 0. The summed E-state index contributed by atoms with van der Waals surface area (Å²) in [7, 11) is -4.30. The van der Waals surface area contributed by atoms with Gasteiger partial charge in [0.2, 0.25) is 21.8 Å². The van der Waals surface area contributed by atoms with Crippen LogP contribution in [-0.4, -0.2) is 38.9 Å². The van der Waals surface area contributed by atoms with E-state index in [4.69, 9.17) is 0 Å². The first-order chi connectivity index (χ1) is 13.7. The number of amides is 2. The third-order valence-corrected chi connectivity index (χ3v) is 5.40. The van der Waals surface area contributed by atoms with Gasteiger partial charge in [-0.2, -0.15) is 4.72 Å². The molecule has 0 saturated heterocycles. The second kappa shape index (κ2) is 10.1. The molecule has 2 rings (SSSR count). The lowest BCUT2D eigenvalue weighted by atomic mass is 10.1. The first kappa shape index (κ1) is 22.5. The molecule has 2 aromatic carbocycles. The smallest absolute Gasteiger partial charge is 0.244 e. The maximum atomic E-state index is 14.0. The minimum absolute atomic E-state index is 0.0339. The largest absolute Gasteiger partial charge is 0.352 e. The van der Waals surface area contributed by atoms with E-state index in [-0.39, 0.29) is 19.0 Å². The molecule has 1 unspecified atom stereocenters. The van der Waals surface area contributed by atoms with Crippen molar-refractivity contribution in [1.82, 2.24) is 15.4 Å². The number of benzene rings is 2. The average Bonchev–Trinajstić information content (AvgIpc) is 2.66. The highest BCUT2D eigenvalue weighted by atomic mass is 32.2. The Kier molecular flexibility index (Phi) is 7.86. The van der Waals surface area contributed by atoms with E-state index < -0.39 is 38.6 Å². The molecule has 7 nitrogen and oxygen atoms in total. The van der Waals surface area contributed by atoms with Gasteiger partial charge in [-0.05, 0) is 38.0 Å². The van der Waals surface area contributed by atoms with Crippen molar-refractivity contribution in [2.24, 2.45) is 0 Å². The van der Waals surface area contributed by atoms with Crippen molar-refractivity contribution in [3.05, 3.63) is 66.0 Å². The van der Waals surface area contributed by atoms with Gasteiger partial charge in [-0.1, -0.05) is 42.5 Å². The number of rotatable bonds is 9. The fourth-order valence-corrected chi connectivity index (χ4v) is 3.89. The molecule has 0 spiro atoms. The summed E-state index contributed by atoms with van der Waals surface area (Å²) in [4.78, 5) is 23.8. The van der Waals surface area contributed by atoms with Gasteiger partial charge in [0.25, 0.3) is 0 Å². The lowest BCUT2D eigenvalue weighted by Crippen LogP contribution is -2.50. The zero-order valence-corrected chi connectivity index (χ0v) is 17.0. The summed E-state index contributed by atoms with van der Waals surface area (Å²) in [5.41, 5.74) is 0.704. The molecule has 0 aliphatic heterocycles. The van der Waals surface area contributed by atoms with Gasteiger partial charge >= 0.3 is 0 Å². The van der Waals surface area contributed by atoms with Crippen molar-refractivity contribution in [2.45, 2.75) is 37.2 Å². The fourth-order valence-electron chi connectivity index (χ4n) is 2.61. The fraction of sp³-hybridized carbons (Fsp3) is 0.300. The van der Waals surface area contributed by atoms with E-state index in [1.165, 1.54) is 12.1 Å². The minimum Gasteiger partial charge on any atom is -0.352 e. The molecular formula is C20H24FN3O4S. The molecule has 0 bridgehead atoms. The lowest BCUT2D eigenvalue weighted by molar-refractivity contribution is -0.127. The van der Waals surface area contributed by atoms with Crippen LogP contribution in [0.2, 0.25) is 0 Å². The van der Waals surface area contributed by atoms with E-state index in [9.17, 15) is 22.4 Å². The molecule has 29 heavy (non-hydrogen) atoms. The predicted molar refractivity (Wildman–Crippen MR) is 107 cm³/mol. The van der Waals surface area contributed by atoms with Crippen molar-refractivity contribution >= 4 is 21.8 Å². The van der Waals surface area contributed by atoms with Crippen molar-refractivity contribution < 1.29 is 22.4 Å². The zero-order chi connectivity index (χ0) is 21.4. The molecule has 0 fully saturated rings. The highest BCUT2D eigenvalue weighted by Gasteiger charge is 2.28. The van der Waals surface area contributed by atoms with Gasteiger partial charge in [0.15, 0.2) is 0 Å². The SMILES string of the molecule is CC(C)NC(=O)CNC(=O)C(Cc1ccccc1)NS(=O)(=O)c1ccccc1F. The van der Waals surface area contributed by atoms with E-state index in [2.05, 4.69) is 15.4 Å². The Hall–Kier alpha value is -2.78. The summed E-state index contributed by atoms with van der Waals surface area (Å²) in [6.07, 6.45) is 0.0339. The molecule has 0 aliphatic carbocycles. The topological polar surface area (TPSA) is 104 Å². The van der Waals surface area contributed by atoms with Gasteiger partial charge in [0.05, 0.1) is 6.54 Å². The number of hydrogen-bond acceptors (Lipinski definition) is 4. The summed E-state index contributed by atoms with van der Waals surface area (Å²) in [5, 5.41) is 5.05. The molecule has 0 heterocycles. The van der Waals surface area contributed by atoms with Gasteiger partial charge < -0.3 is 10.6 Å². The molecule has 0 aliphatic rings. The number of carbonyl (C=O) groups excluding carboxylic acids is 2. The van der Waals surface area contributed by atoms with Crippen molar-refractivity contribution in [1.29, 1.82) is 0 Å². The average molecular weight is 421 g/mol. The quantitative estimate of drug-likeness (QED) is 0.569. The van der Waals surface area contributed by atoms with Crippen LogP contribution in [0.15, 0.2) is 59.5 Å². The molecule has 2 aromatic rings. The number of sulfonamides is 1. The van der Waals surface area contributed by atoms with Crippen LogP contribution in [-0.2, 0) is 26.0 Å². The van der Waals surface area contributed by atoms with Crippen LogP contribution in [0.5, 0.6) is 0 Å². The lowest BCUT2D eigenvalue weighted by Gasteiger charge is -2.19. The molecule has 2 amide bonds. The summed E-state index contributed by atoms with van der Waals surface area (Å²) in [6.45, 7) is 3.25. The van der Waals surface area contributed by atoms with E-state index in [1.807, 2.05) is 0 Å². The number of halogens is 1.